The van der Waals surface area contributed by atoms with E-state index >= 15 is 0 Å². The van der Waals surface area contributed by atoms with E-state index in [1.165, 1.54) is 0 Å². The van der Waals surface area contributed by atoms with Crippen LogP contribution in [0.3, 0.4) is 0 Å². The maximum Gasteiger partial charge on any atom is 0.273 e. The van der Waals surface area contributed by atoms with Gasteiger partial charge in [-0.25, -0.2) is 5.43 Å². The molecule has 0 saturated heterocycles. The Labute approximate surface area is 146 Å². The van der Waals surface area contributed by atoms with Crippen LogP contribution in [0.25, 0.3) is 5.69 Å². The van der Waals surface area contributed by atoms with E-state index in [1.807, 2.05) is 78.5 Å². The zero-order valence-corrected chi connectivity index (χ0v) is 14.1. The number of benzene rings is 2. The molecule has 2 aromatic carbocycles. The molecule has 3 aromatic rings. The van der Waals surface area contributed by atoms with Crippen molar-refractivity contribution in [3.63, 3.8) is 0 Å². The lowest BCUT2D eigenvalue weighted by Gasteiger charge is -2.10. The van der Waals surface area contributed by atoms with Gasteiger partial charge in [0.05, 0.1) is 24.1 Å². The second-order valence-corrected chi connectivity index (χ2v) is 5.45. The van der Waals surface area contributed by atoms with Crippen molar-refractivity contribution in [3.8, 4) is 11.4 Å². The second-order valence-electron chi connectivity index (χ2n) is 5.45. The summed E-state index contributed by atoms with van der Waals surface area (Å²) in [6.07, 6.45) is 3.80. The molecule has 1 aromatic heterocycles. The number of hydrogen-bond donors (Lipinski definition) is 1. The van der Waals surface area contributed by atoms with Gasteiger partial charge in [0.15, 0.2) is 0 Å². The summed E-state index contributed by atoms with van der Waals surface area (Å²) in [5.74, 6) is 0.448. The van der Waals surface area contributed by atoms with Gasteiger partial charge in [-0.15, -0.1) is 0 Å². The number of methoxy groups -OCH3 is 1. The van der Waals surface area contributed by atoms with Gasteiger partial charge in [0.25, 0.3) is 5.91 Å². The Balaban J connectivity index is 1.84. The summed E-state index contributed by atoms with van der Waals surface area (Å²) in [7, 11) is 1.61. The van der Waals surface area contributed by atoms with Gasteiger partial charge >= 0.3 is 0 Å². The number of carbonyl (C=O) groups is 1. The molecule has 0 atom stereocenters. The van der Waals surface area contributed by atoms with Crippen molar-refractivity contribution < 1.29 is 9.53 Å². The maximum absolute atomic E-state index is 12.6. The van der Waals surface area contributed by atoms with Crippen LogP contribution in [-0.2, 0) is 0 Å². The fourth-order valence-corrected chi connectivity index (χ4v) is 2.58. The lowest BCUT2D eigenvalue weighted by Crippen LogP contribution is -2.21. The summed E-state index contributed by atoms with van der Waals surface area (Å²) in [4.78, 5) is 12.6. The van der Waals surface area contributed by atoms with E-state index in [9.17, 15) is 4.79 Å². The molecule has 0 bridgehead atoms. The van der Waals surface area contributed by atoms with Crippen LogP contribution in [0, 0.1) is 0 Å². The third-order valence-electron chi connectivity index (χ3n) is 3.85. The average molecular weight is 333 g/mol. The number of para-hydroxylation sites is 2. The number of amides is 1. The van der Waals surface area contributed by atoms with E-state index < -0.39 is 0 Å². The minimum atomic E-state index is -0.265. The number of rotatable bonds is 5. The number of aromatic nitrogens is 1. The van der Waals surface area contributed by atoms with Crippen molar-refractivity contribution >= 4 is 11.6 Å². The predicted octanol–water partition coefficient (Wildman–Crippen LogP) is 3.64. The molecule has 3 rings (SSSR count). The first kappa shape index (κ1) is 16.5. The van der Waals surface area contributed by atoms with Gasteiger partial charge in [-0.2, -0.15) is 5.10 Å². The number of hydrazone groups is 1. The highest BCUT2D eigenvalue weighted by molar-refractivity contribution is 6.03. The normalized spacial score (nSPS) is 11.2. The van der Waals surface area contributed by atoms with Gasteiger partial charge in [0.1, 0.15) is 5.75 Å². The summed E-state index contributed by atoms with van der Waals surface area (Å²) in [5, 5.41) is 4.23. The number of ether oxygens (including phenoxy) is 1. The van der Waals surface area contributed by atoms with Crippen LogP contribution >= 0.6 is 0 Å². The van der Waals surface area contributed by atoms with Crippen LogP contribution in [0.4, 0.5) is 0 Å². The molecule has 1 N–H and O–H groups in total. The van der Waals surface area contributed by atoms with Crippen molar-refractivity contribution in [2.45, 2.75) is 6.92 Å². The quantitative estimate of drug-likeness (QED) is 0.572. The van der Waals surface area contributed by atoms with Gasteiger partial charge in [0.2, 0.25) is 0 Å². The molecule has 25 heavy (non-hydrogen) atoms. The fraction of sp³-hybridized carbons (Fsp3) is 0.100. The van der Waals surface area contributed by atoms with Crippen LogP contribution in [0.1, 0.15) is 22.8 Å². The highest BCUT2D eigenvalue weighted by Gasteiger charge is 2.12. The minimum absolute atomic E-state index is 0.265. The van der Waals surface area contributed by atoms with Gasteiger partial charge < -0.3 is 9.30 Å². The summed E-state index contributed by atoms with van der Waals surface area (Å²) >= 11 is 0. The predicted molar refractivity (Wildman–Crippen MR) is 98.4 cm³/mol. The first-order chi connectivity index (χ1) is 12.2. The topological polar surface area (TPSA) is 55.6 Å². The van der Waals surface area contributed by atoms with Crippen molar-refractivity contribution in [2.75, 3.05) is 7.11 Å². The molecule has 0 radical (unpaired) electrons. The Morgan fingerprint density at radius 3 is 2.32 bits per heavy atom. The van der Waals surface area contributed by atoms with Crippen molar-refractivity contribution in [1.29, 1.82) is 0 Å². The van der Waals surface area contributed by atoms with E-state index in [0.717, 1.165) is 11.3 Å². The summed E-state index contributed by atoms with van der Waals surface area (Å²) in [5.41, 5.74) is 5.49. The molecule has 5 nitrogen and oxygen atoms in total. The molecular formula is C20H19N3O2. The standard InChI is InChI=1S/C20H19N3O2/c1-15(16-9-4-6-12-19(16)25-2)21-22-20(24)17-10-3-5-11-18(17)23-13-7-8-14-23/h3-14H,1-2H3,(H,22,24)/b21-15+. The number of carbonyl (C=O) groups excluding carboxylic acids is 1. The number of nitrogens with zero attached hydrogens (tertiary/aromatic N) is 2. The molecule has 126 valence electrons. The molecule has 0 saturated carbocycles. The molecule has 1 heterocycles. The van der Waals surface area contributed by atoms with Gasteiger partial charge in [-0.05, 0) is 43.3 Å². The average Bonchev–Trinajstić information content (AvgIpc) is 3.20. The molecular weight excluding hydrogens is 314 g/mol. The molecule has 1 amide bonds. The van der Waals surface area contributed by atoms with E-state index in [4.69, 9.17) is 4.74 Å². The van der Waals surface area contributed by atoms with E-state index in [1.54, 1.807) is 13.2 Å². The smallest absolute Gasteiger partial charge is 0.273 e. The van der Waals surface area contributed by atoms with E-state index in [-0.39, 0.29) is 5.91 Å². The monoisotopic (exact) mass is 333 g/mol. The fourth-order valence-electron chi connectivity index (χ4n) is 2.58. The molecule has 0 aliphatic heterocycles. The van der Waals surface area contributed by atoms with Crippen molar-refractivity contribution in [1.82, 2.24) is 9.99 Å². The Bertz CT molecular complexity index is 899. The molecule has 0 aliphatic rings. The molecule has 0 spiro atoms. The molecule has 0 aliphatic carbocycles. The number of nitrogens with one attached hydrogen (secondary N) is 1. The van der Waals surface area contributed by atoms with Gasteiger partial charge in [-0.3, -0.25) is 4.79 Å². The summed E-state index contributed by atoms with van der Waals surface area (Å²) in [6.45, 7) is 1.83. The van der Waals surface area contributed by atoms with Crippen LogP contribution in [0.2, 0.25) is 0 Å². The first-order valence-electron chi connectivity index (χ1n) is 7.91. The highest BCUT2D eigenvalue weighted by atomic mass is 16.5. The zero-order valence-electron chi connectivity index (χ0n) is 14.1. The Morgan fingerprint density at radius 2 is 1.60 bits per heavy atom. The SMILES string of the molecule is COc1ccccc1/C(C)=N/NC(=O)c1ccccc1-n1cccc1. The summed E-state index contributed by atoms with van der Waals surface area (Å²) < 4.78 is 7.22. The Kier molecular flexibility index (Phi) is 4.95. The van der Waals surface area contributed by atoms with Crippen LogP contribution < -0.4 is 10.2 Å². The Hall–Kier alpha value is -3.34. The molecule has 0 unspecified atom stereocenters. The lowest BCUT2D eigenvalue weighted by atomic mass is 10.1. The van der Waals surface area contributed by atoms with Gasteiger partial charge in [-0.1, -0.05) is 24.3 Å². The largest absolute Gasteiger partial charge is 0.496 e. The maximum atomic E-state index is 12.6. The summed E-state index contributed by atoms with van der Waals surface area (Å²) in [6, 6.07) is 18.8. The molecule has 0 fully saturated rings. The van der Waals surface area contributed by atoms with E-state index in [2.05, 4.69) is 10.5 Å². The van der Waals surface area contributed by atoms with E-state index in [0.29, 0.717) is 17.0 Å². The van der Waals surface area contributed by atoms with Crippen LogP contribution in [0.15, 0.2) is 78.2 Å². The second kappa shape index (κ2) is 7.49. The number of hydrogen-bond acceptors (Lipinski definition) is 3. The van der Waals surface area contributed by atoms with Crippen LogP contribution in [0.5, 0.6) is 5.75 Å². The van der Waals surface area contributed by atoms with Crippen molar-refractivity contribution in [3.05, 3.63) is 84.2 Å². The first-order valence-corrected chi connectivity index (χ1v) is 7.91. The van der Waals surface area contributed by atoms with Crippen LogP contribution in [-0.4, -0.2) is 23.3 Å². The third kappa shape index (κ3) is 3.61. The molecule has 5 heteroatoms. The minimum Gasteiger partial charge on any atom is -0.496 e. The zero-order chi connectivity index (χ0) is 17.6. The van der Waals surface area contributed by atoms with Gasteiger partial charge in [0, 0.05) is 18.0 Å². The van der Waals surface area contributed by atoms with Crippen molar-refractivity contribution in [2.24, 2.45) is 5.10 Å². The highest BCUT2D eigenvalue weighted by Crippen LogP contribution is 2.18. The Morgan fingerprint density at radius 1 is 0.960 bits per heavy atom. The third-order valence-corrected chi connectivity index (χ3v) is 3.85. The lowest BCUT2D eigenvalue weighted by molar-refractivity contribution is 0.0955.